The van der Waals surface area contributed by atoms with E-state index in [1.807, 2.05) is 24.3 Å². The number of aliphatic hydroxyl groups is 1. The first kappa shape index (κ1) is 22.0. The molecule has 0 radical (unpaired) electrons. The van der Waals surface area contributed by atoms with E-state index in [9.17, 15) is 14.7 Å². The monoisotopic (exact) mass is 490 g/mol. The number of anilines is 1. The van der Waals surface area contributed by atoms with Crippen LogP contribution in [0, 0.1) is 0 Å². The van der Waals surface area contributed by atoms with E-state index in [0.29, 0.717) is 16.9 Å². The molecule has 1 aliphatic heterocycles. The van der Waals surface area contributed by atoms with Gasteiger partial charge >= 0.3 is 0 Å². The maximum absolute atomic E-state index is 13.2. The molecule has 1 saturated heterocycles. The van der Waals surface area contributed by atoms with E-state index in [-0.39, 0.29) is 16.7 Å². The van der Waals surface area contributed by atoms with E-state index in [2.05, 4.69) is 41.7 Å². The minimum Gasteiger partial charge on any atom is -0.507 e. The van der Waals surface area contributed by atoms with Crippen LogP contribution in [-0.2, 0) is 15.0 Å². The fourth-order valence-electron chi connectivity index (χ4n) is 3.80. The van der Waals surface area contributed by atoms with Crippen molar-refractivity contribution in [3.8, 4) is 0 Å². The van der Waals surface area contributed by atoms with Gasteiger partial charge in [0, 0.05) is 21.9 Å². The topological polar surface area (TPSA) is 70.5 Å². The molecule has 2 heterocycles. The zero-order valence-electron chi connectivity index (χ0n) is 18.0. The van der Waals surface area contributed by atoms with Crippen molar-refractivity contribution in [2.45, 2.75) is 32.2 Å². The molecule has 2 aromatic carbocycles. The van der Waals surface area contributed by atoms with Crippen molar-refractivity contribution in [1.29, 1.82) is 0 Å². The van der Waals surface area contributed by atoms with Gasteiger partial charge in [0.15, 0.2) is 0 Å². The zero-order chi connectivity index (χ0) is 23.0. The summed E-state index contributed by atoms with van der Waals surface area (Å²) >= 11 is 3.37. The molecule has 1 aliphatic rings. The molecule has 0 saturated carbocycles. The first-order chi connectivity index (χ1) is 15.2. The summed E-state index contributed by atoms with van der Waals surface area (Å²) < 4.78 is 0.842. The fourth-order valence-corrected chi connectivity index (χ4v) is 4.07. The van der Waals surface area contributed by atoms with Crippen LogP contribution in [0.5, 0.6) is 0 Å². The Balaban J connectivity index is 1.88. The molecule has 0 bridgehead atoms. The van der Waals surface area contributed by atoms with Gasteiger partial charge in [0.1, 0.15) is 11.8 Å². The SMILES string of the molecule is CC(C)(C)c1ccc(N2C(=O)C(=O)/C(=C(/O)c3ccc(Br)cc3)C2c2ccccn2)cc1. The Bertz CT molecular complexity index is 1190. The Hall–Kier alpha value is -3.25. The van der Waals surface area contributed by atoms with Gasteiger partial charge in [-0.1, -0.05) is 67.0 Å². The maximum Gasteiger partial charge on any atom is 0.300 e. The van der Waals surface area contributed by atoms with Crippen molar-refractivity contribution in [3.05, 3.63) is 99.8 Å². The van der Waals surface area contributed by atoms with Crippen LogP contribution in [0.15, 0.2) is 83.0 Å². The van der Waals surface area contributed by atoms with Crippen LogP contribution in [0.4, 0.5) is 5.69 Å². The summed E-state index contributed by atoms with van der Waals surface area (Å²) in [5.74, 6) is -1.65. The summed E-state index contributed by atoms with van der Waals surface area (Å²) in [5.41, 5.74) is 2.62. The summed E-state index contributed by atoms with van der Waals surface area (Å²) in [6.45, 7) is 6.33. The van der Waals surface area contributed by atoms with Crippen molar-refractivity contribution in [1.82, 2.24) is 4.98 Å². The van der Waals surface area contributed by atoms with E-state index in [4.69, 9.17) is 0 Å². The van der Waals surface area contributed by atoms with Gasteiger partial charge in [-0.3, -0.25) is 19.5 Å². The van der Waals surface area contributed by atoms with E-state index in [1.165, 1.54) is 4.90 Å². The van der Waals surface area contributed by atoms with Gasteiger partial charge in [0.2, 0.25) is 0 Å². The lowest BCUT2D eigenvalue weighted by Crippen LogP contribution is -2.30. The van der Waals surface area contributed by atoms with Gasteiger partial charge in [0.25, 0.3) is 11.7 Å². The number of aliphatic hydroxyl groups excluding tert-OH is 1. The number of hydrogen-bond acceptors (Lipinski definition) is 4. The summed E-state index contributed by atoms with van der Waals surface area (Å²) in [7, 11) is 0. The Labute approximate surface area is 195 Å². The maximum atomic E-state index is 13.2. The van der Waals surface area contributed by atoms with E-state index in [0.717, 1.165) is 10.0 Å². The van der Waals surface area contributed by atoms with Gasteiger partial charge in [0.05, 0.1) is 11.3 Å². The van der Waals surface area contributed by atoms with Gasteiger partial charge in [-0.05, 0) is 47.4 Å². The van der Waals surface area contributed by atoms with Crippen molar-refractivity contribution in [3.63, 3.8) is 0 Å². The average molecular weight is 491 g/mol. The zero-order valence-corrected chi connectivity index (χ0v) is 19.6. The molecule has 1 aromatic heterocycles. The van der Waals surface area contributed by atoms with Crippen LogP contribution in [0.3, 0.4) is 0 Å². The highest BCUT2D eigenvalue weighted by molar-refractivity contribution is 9.10. The van der Waals surface area contributed by atoms with Crippen LogP contribution in [-0.4, -0.2) is 21.8 Å². The highest BCUT2D eigenvalue weighted by Crippen LogP contribution is 2.41. The second kappa shape index (κ2) is 8.36. The second-order valence-corrected chi connectivity index (χ2v) is 9.64. The second-order valence-electron chi connectivity index (χ2n) is 8.73. The van der Waals surface area contributed by atoms with Crippen molar-refractivity contribution >= 4 is 39.1 Å². The summed E-state index contributed by atoms with van der Waals surface area (Å²) in [6.07, 6.45) is 1.61. The molecule has 1 N–H and O–H groups in total. The molecule has 32 heavy (non-hydrogen) atoms. The van der Waals surface area contributed by atoms with Crippen LogP contribution in [0.1, 0.15) is 43.6 Å². The number of rotatable bonds is 3. The Morgan fingerprint density at radius 2 is 1.62 bits per heavy atom. The minimum absolute atomic E-state index is 0.0240. The van der Waals surface area contributed by atoms with Gasteiger partial charge < -0.3 is 5.11 Å². The standard InChI is InChI=1S/C26H23BrN2O3/c1-26(2,3)17-9-13-19(14-10-17)29-22(20-6-4-5-15-28-20)21(24(31)25(29)32)23(30)16-7-11-18(27)12-8-16/h4-15,22,30H,1-3H3/b23-21+. The molecule has 6 heteroatoms. The number of nitrogens with zero attached hydrogens (tertiary/aromatic N) is 2. The highest BCUT2D eigenvalue weighted by Gasteiger charge is 2.47. The van der Waals surface area contributed by atoms with E-state index < -0.39 is 17.7 Å². The fraction of sp³-hybridized carbons (Fsp3) is 0.192. The van der Waals surface area contributed by atoms with Crippen LogP contribution in [0.25, 0.3) is 5.76 Å². The lowest BCUT2D eigenvalue weighted by atomic mass is 9.87. The number of hydrogen-bond donors (Lipinski definition) is 1. The molecule has 1 unspecified atom stereocenters. The van der Waals surface area contributed by atoms with Gasteiger partial charge in [-0.15, -0.1) is 0 Å². The molecule has 0 aliphatic carbocycles. The highest BCUT2D eigenvalue weighted by atomic mass is 79.9. The predicted molar refractivity (Wildman–Crippen MR) is 128 cm³/mol. The quantitative estimate of drug-likeness (QED) is 0.287. The largest absolute Gasteiger partial charge is 0.507 e. The van der Waals surface area contributed by atoms with Gasteiger partial charge in [-0.25, -0.2) is 0 Å². The van der Waals surface area contributed by atoms with Crippen molar-refractivity contribution < 1.29 is 14.7 Å². The Kier molecular flexibility index (Phi) is 5.73. The van der Waals surface area contributed by atoms with E-state index in [1.54, 1.807) is 48.7 Å². The third-order valence-corrected chi connectivity index (χ3v) is 6.07. The smallest absolute Gasteiger partial charge is 0.300 e. The van der Waals surface area contributed by atoms with Crippen LogP contribution < -0.4 is 4.90 Å². The normalized spacial score (nSPS) is 18.2. The van der Waals surface area contributed by atoms with Crippen LogP contribution >= 0.6 is 15.9 Å². The third-order valence-electron chi connectivity index (χ3n) is 5.54. The molecule has 5 nitrogen and oxygen atoms in total. The molecular formula is C26H23BrN2O3. The van der Waals surface area contributed by atoms with Gasteiger partial charge in [-0.2, -0.15) is 0 Å². The molecule has 1 atom stereocenters. The molecule has 1 fully saturated rings. The number of benzene rings is 2. The molecule has 162 valence electrons. The number of ketones is 1. The molecule has 3 aromatic rings. The Morgan fingerprint density at radius 1 is 0.969 bits per heavy atom. The lowest BCUT2D eigenvalue weighted by Gasteiger charge is -2.26. The lowest BCUT2D eigenvalue weighted by molar-refractivity contribution is -0.132. The number of amides is 1. The number of carbonyl (C=O) groups is 2. The molecular weight excluding hydrogens is 468 g/mol. The summed E-state index contributed by atoms with van der Waals surface area (Å²) in [4.78, 5) is 32.1. The van der Waals surface area contributed by atoms with Crippen molar-refractivity contribution in [2.75, 3.05) is 4.90 Å². The molecule has 1 amide bonds. The third kappa shape index (κ3) is 3.98. The minimum atomic E-state index is -0.833. The van der Waals surface area contributed by atoms with E-state index >= 15 is 0 Å². The number of aromatic nitrogens is 1. The summed E-state index contributed by atoms with van der Waals surface area (Å²) in [6, 6.07) is 19.0. The number of halogens is 1. The number of carbonyl (C=O) groups excluding carboxylic acids is 2. The first-order valence-electron chi connectivity index (χ1n) is 10.3. The number of pyridine rings is 1. The predicted octanol–water partition coefficient (Wildman–Crippen LogP) is 5.77. The molecule has 4 rings (SSSR count). The Morgan fingerprint density at radius 3 is 2.19 bits per heavy atom. The molecule has 0 spiro atoms. The number of Topliss-reactive ketones (excluding diaryl/α,β-unsaturated/α-hetero) is 1. The first-order valence-corrected chi connectivity index (χ1v) is 11.1. The van der Waals surface area contributed by atoms with Crippen molar-refractivity contribution in [2.24, 2.45) is 0 Å². The average Bonchev–Trinajstić information content (AvgIpc) is 3.04. The van der Waals surface area contributed by atoms with Crippen LogP contribution in [0.2, 0.25) is 0 Å². The summed E-state index contributed by atoms with van der Waals surface area (Å²) in [5, 5.41) is 11.1.